The first-order valence-electron chi connectivity index (χ1n) is 3.72. The number of hydrogen-bond donors (Lipinski definition) is 0. The van der Waals surface area contributed by atoms with Crippen LogP contribution in [-0.2, 0) is 7.05 Å². The molecular weight excluding hydrogens is 152 g/mol. The Morgan fingerprint density at radius 1 is 1.42 bits per heavy atom. The Kier molecular flexibility index (Phi) is 1.46. The first-order chi connectivity index (χ1) is 5.79. The molecule has 0 amide bonds. The monoisotopic (exact) mass is 161 g/mol. The average Bonchev–Trinajstić information content (AvgIpc) is 2.64. The second kappa shape index (κ2) is 2.48. The van der Waals surface area contributed by atoms with E-state index in [-0.39, 0.29) is 0 Å². The molecule has 0 N–H and O–H groups in total. The minimum absolute atomic E-state index is 0.889. The molecule has 2 heterocycles. The quantitative estimate of drug-likeness (QED) is 0.593. The van der Waals surface area contributed by atoms with E-state index in [2.05, 4.69) is 15.6 Å². The Bertz CT molecular complexity index is 359. The normalized spacial score (nSPS) is 14.7. The van der Waals surface area contributed by atoms with Gasteiger partial charge >= 0.3 is 0 Å². The molecule has 0 aromatic carbocycles. The van der Waals surface area contributed by atoms with E-state index in [0.717, 1.165) is 17.0 Å². The van der Waals surface area contributed by atoms with Crippen molar-refractivity contribution in [2.75, 3.05) is 0 Å². The summed E-state index contributed by atoms with van der Waals surface area (Å²) in [4.78, 5) is 0. The lowest BCUT2D eigenvalue weighted by molar-refractivity contribution is 0.740. The minimum Gasteiger partial charge on any atom is -0.272 e. The van der Waals surface area contributed by atoms with Gasteiger partial charge in [-0.05, 0) is 13.0 Å². The SMILES string of the molecule is Cc1c(C2=N[N]C=C2)cnn1C. The first-order valence-corrected chi connectivity index (χ1v) is 3.72. The van der Waals surface area contributed by atoms with Crippen molar-refractivity contribution >= 4 is 5.71 Å². The fraction of sp³-hybridized carbons (Fsp3) is 0.250. The van der Waals surface area contributed by atoms with Crippen LogP contribution in [0.3, 0.4) is 0 Å². The average molecular weight is 161 g/mol. The second-order valence-corrected chi connectivity index (χ2v) is 2.68. The van der Waals surface area contributed by atoms with Gasteiger partial charge in [0, 0.05) is 18.3 Å². The maximum atomic E-state index is 4.12. The Morgan fingerprint density at radius 3 is 2.75 bits per heavy atom. The van der Waals surface area contributed by atoms with Gasteiger partial charge < -0.3 is 0 Å². The summed E-state index contributed by atoms with van der Waals surface area (Å²) in [5, 5.41) is 8.08. The summed E-state index contributed by atoms with van der Waals surface area (Å²) in [7, 11) is 1.91. The molecule has 12 heavy (non-hydrogen) atoms. The molecule has 4 heteroatoms. The minimum atomic E-state index is 0.889. The van der Waals surface area contributed by atoms with Gasteiger partial charge in [0.2, 0.25) is 0 Å². The van der Waals surface area contributed by atoms with Crippen molar-refractivity contribution in [3.63, 3.8) is 0 Å². The maximum absolute atomic E-state index is 4.12. The number of aryl methyl sites for hydroxylation is 1. The molecule has 2 rings (SSSR count). The third-order valence-electron chi connectivity index (χ3n) is 1.98. The maximum Gasteiger partial charge on any atom is 0.0979 e. The molecule has 1 radical (unpaired) electrons. The number of aromatic nitrogens is 2. The molecule has 1 aliphatic rings. The molecule has 0 atom stereocenters. The van der Waals surface area contributed by atoms with E-state index in [1.807, 2.05) is 24.7 Å². The van der Waals surface area contributed by atoms with Gasteiger partial charge in [-0.15, -0.1) is 0 Å². The van der Waals surface area contributed by atoms with Gasteiger partial charge in [0.1, 0.15) is 0 Å². The van der Waals surface area contributed by atoms with Crippen LogP contribution >= 0.6 is 0 Å². The van der Waals surface area contributed by atoms with Gasteiger partial charge in [0.05, 0.1) is 18.1 Å². The van der Waals surface area contributed by atoms with E-state index in [1.165, 1.54) is 0 Å². The van der Waals surface area contributed by atoms with E-state index in [4.69, 9.17) is 0 Å². The molecule has 0 unspecified atom stereocenters. The second-order valence-electron chi connectivity index (χ2n) is 2.68. The summed E-state index contributed by atoms with van der Waals surface area (Å²) in [5.74, 6) is 0. The lowest BCUT2D eigenvalue weighted by Crippen LogP contribution is -1.98. The van der Waals surface area contributed by atoms with Crippen LogP contribution in [0.5, 0.6) is 0 Å². The van der Waals surface area contributed by atoms with Crippen LogP contribution in [0.25, 0.3) is 0 Å². The van der Waals surface area contributed by atoms with Crippen molar-refractivity contribution in [1.82, 2.24) is 15.2 Å². The Labute approximate surface area is 70.6 Å². The zero-order valence-corrected chi connectivity index (χ0v) is 7.02. The van der Waals surface area contributed by atoms with Gasteiger partial charge in [-0.1, -0.05) is 0 Å². The zero-order chi connectivity index (χ0) is 8.55. The highest BCUT2D eigenvalue weighted by Gasteiger charge is 2.10. The molecule has 1 aliphatic heterocycles. The lowest BCUT2D eigenvalue weighted by atomic mass is 10.1. The van der Waals surface area contributed by atoms with E-state index in [0.29, 0.717) is 0 Å². The first kappa shape index (κ1) is 7.09. The molecule has 61 valence electrons. The van der Waals surface area contributed by atoms with Crippen LogP contribution in [0.4, 0.5) is 0 Å². The topological polar surface area (TPSA) is 44.3 Å². The number of nitrogens with zero attached hydrogens (tertiary/aromatic N) is 4. The summed E-state index contributed by atoms with van der Waals surface area (Å²) in [6, 6.07) is 0. The van der Waals surface area contributed by atoms with Gasteiger partial charge in [0.15, 0.2) is 0 Å². The molecule has 0 fully saturated rings. The molecule has 1 aromatic heterocycles. The largest absolute Gasteiger partial charge is 0.272 e. The highest BCUT2D eigenvalue weighted by molar-refractivity contribution is 6.09. The summed E-state index contributed by atoms with van der Waals surface area (Å²) >= 11 is 0. The van der Waals surface area contributed by atoms with Gasteiger partial charge in [-0.25, -0.2) is 0 Å². The summed E-state index contributed by atoms with van der Waals surface area (Å²) in [5.41, 5.74) is 6.81. The van der Waals surface area contributed by atoms with Crippen molar-refractivity contribution in [3.05, 3.63) is 29.7 Å². The molecule has 0 aliphatic carbocycles. The lowest BCUT2D eigenvalue weighted by Gasteiger charge is -1.95. The van der Waals surface area contributed by atoms with E-state index in [9.17, 15) is 0 Å². The van der Waals surface area contributed by atoms with Crippen molar-refractivity contribution in [3.8, 4) is 0 Å². The Balaban J connectivity index is 2.46. The molecular formula is C8H9N4. The highest BCUT2D eigenvalue weighted by Crippen LogP contribution is 2.09. The van der Waals surface area contributed by atoms with Crippen LogP contribution in [0.15, 0.2) is 23.6 Å². The van der Waals surface area contributed by atoms with Crippen LogP contribution < -0.4 is 5.43 Å². The van der Waals surface area contributed by atoms with Gasteiger partial charge in [-0.3, -0.25) is 4.68 Å². The Morgan fingerprint density at radius 2 is 2.25 bits per heavy atom. The van der Waals surface area contributed by atoms with E-state index in [1.54, 1.807) is 12.4 Å². The molecule has 0 spiro atoms. The molecule has 4 nitrogen and oxygen atoms in total. The Hall–Kier alpha value is -1.58. The third kappa shape index (κ3) is 0.922. The van der Waals surface area contributed by atoms with Crippen molar-refractivity contribution in [1.29, 1.82) is 0 Å². The fourth-order valence-electron chi connectivity index (χ4n) is 1.13. The number of rotatable bonds is 1. The van der Waals surface area contributed by atoms with Gasteiger partial charge in [0.25, 0.3) is 0 Å². The number of allylic oxidation sites excluding steroid dienone is 1. The molecule has 0 bridgehead atoms. The van der Waals surface area contributed by atoms with Crippen molar-refractivity contribution in [2.45, 2.75) is 6.92 Å². The fourth-order valence-corrected chi connectivity index (χ4v) is 1.13. The van der Waals surface area contributed by atoms with E-state index < -0.39 is 0 Å². The van der Waals surface area contributed by atoms with E-state index >= 15 is 0 Å². The molecule has 0 saturated heterocycles. The van der Waals surface area contributed by atoms with Crippen LogP contribution in [-0.4, -0.2) is 15.5 Å². The highest BCUT2D eigenvalue weighted by atomic mass is 15.3. The van der Waals surface area contributed by atoms with Crippen LogP contribution in [0.1, 0.15) is 11.3 Å². The molecule has 0 saturated carbocycles. The standard InChI is InChI=1S/C8H9N4/c1-6-7(5-10-12(6)2)8-3-4-9-11-8/h3-5H,1-2H3. The third-order valence-corrected chi connectivity index (χ3v) is 1.98. The smallest absolute Gasteiger partial charge is 0.0979 e. The van der Waals surface area contributed by atoms with Crippen molar-refractivity contribution < 1.29 is 0 Å². The van der Waals surface area contributed by atoms with Crippen LogP contribution in [0.2, 0.25) is 0 Å². The number of hydrogen-bond acceptors (Lipinski definition) is 2. The van der Waals surface area contributed by atoms with Crippen LogP contribution in [0, 0.1) is 6.92 Å². The predicted molar refractivity (Wildman–Crippen MR) is 45.8 cm³/mol. The summed E-state index contributed by atoms with van der Waals surface area (Å²) in [6.45, 7) is 2.01. The summed E-state index contributed by atoms with van der Waals surface area (Å²) < 4.78 is 1.82. The van der Waals surface area contributed by atoms with Gasteiger partial charge in [-0.2, -0.15) is 15.6 Å². The molecule has 1 aromatic rings. The zero-order valence-electron chi connectivity index (χ0n) is 7.02. The van der Waals surface area contributed by atoms with Crippen molar-refractivity contribution in [2.24, 2.45) is 12.1 Å². The predicted octanol–water partition coefficient (Wildman–Crippen LogP) is 0.564. The summed E-state index contributed by atoms with van der Waals surface area (Å²) in [6.07, 6.45) is 5.37.